The highest BCUT2D eigenvalue weighted by Crippen LogP contribution is 2.28. The van der Waals surface area contributed by atoms with E-state index in [1.54, 1.807) is 4.90 Å². The van der Waals surface area contributed by atoms with Crippen molar-refractivity contribution in [1.29, 1.82) is 0 Å². The average Bonchev–Trinajstić information content (AvgIpc) is 3.00. The molecule has 1 saturated heterocycles. The number of nitrogen functional groups attached to an aromatic ring is 1. The molecule has 2 N–H and O–H groups in total. The second kappa shape index (κ2) is 7.13. The molecule has 1 aromatic heterocycles. The standard InChI is InChI=1S/C14H16N4O3.C2H6/c1-8-3-4-9(5-11(8)15)12-16-13(21-17-12)10-6-18(7-10)14(19)20-2;1-2/h3-5,10H,6-7,15H2,1-2H3;1-2H3. The van der Waals surface area contributed by atoms with Crippen LogP contribution >= 0.6 is 0 Å². The third kappa shape index (κ3) is 3.44. The molecule has 0 bridgehead atoms. The van der Waals surface area contributed by atoms with Crippen LogP contribution in [0.25, 0.3) is 11.4 Å². The zero-order chi connectivity index (χ0) is 17.0. The monoisotopic (exact) mass is 318 g/mol. The topological polar surface area (TPSA) is 94.5 Å². The Morgan fingerprint density at radius 1 is 1.39 bits per heavy atom. The van der Waals surface area contributed by atoms with E-state index in [2.05, 4.69) is 14.9 Å². The van der Waals surface area contributed by atoms with Crippen molar-refractivity contribution in [3.63, 3.8) is 0 Å². The lowest BCUT2D eigenvalue weighted by molar-refractivity contribution is 0.0804. The van der Waals surface area contributed by atoms with Crippen LogP contribution in [-0.2, 0) is 4.74 Å². The number of likely N-dealkylation sites (tertiary alicyclic amines) is 1. The quantitative estimate of drug-likeness (QED) is 0.856. The van der Waals surface area contributed by atoms with Crippen LogP contribution in [0.3, 0.4) is 0 Å². The van der Waals surface area contributed by atoms with Crippen LogP contribution in [0.2, 0.25) is 0 Å². The molecule has 23 heavy (non-hydrogen) atoms. The van der Waals surface area contributed by atoms with Gasteiger partial charge < -0.3 is 19.9 Å². The zero-order valence-corrected chi connectivity index (χ0v) is 13.9. The van der Waals surface area contributed by atoms with Gasteiger partial charge in [0.15, 0.2) is 0 Å². The number of hydrogen-bond donors (Lipinski definition) is 1. The fraction of sp³-hybridized carbons (Fsp3) is 0.438. The first-order valence-electron chi connectivity index (χ1n) is 7.61. The van der Waals surface area contributed by atoms with Gasteiger partial charge in [-0.15, -0.1) is 0 Å². The molecular formula is C16H22N4O3. The summed E-state index contributed by atoms with van der Waals surface area (Å²) in [6.45, 7) is 7.01. The molecule has 1 amide bonds. The molecule has 2 heterocycles. The number of ether oxygens (including phenoxy) is 1. The first-order valence-corrected chi connectivity index (χ1v) is 7.61. The van der Waals surface area contributed by atoms with Crippen LogP contribution < -0.4 is 5.73 Å². The minimum Gasteiger partial charge on any atom is -0.453 e. The Hall–Kier alpha value is -2.57. The normalized spacial score (nSPS) is 13.8. The SMILES string of the molecule is CC.COC(=O)N1CC(c2nc(-c3ccc(C)c(N)c3)no2)C1. The molecular weight excluding hydrogens is 296 g/mol. The maximum atomic E-state index is 11.3. The Morgan fingerprint density at radius 2 is 2.09 bits per heavy atom. The first-order chi connectivity index (χ1) is 11.1. The molecule has 0 spiro atoms. The van der Waals surface area contributed by atoms with Crippen LogP contribution in [0.1, 0.15) is 31.2 Å². The number of hydrogen-bond acceptors (Lipinski definition) is 6. The minimum atomic E-state index is -0.336. The molecule has 0 unspecified atom stereocenters. The van der Waals surface area contributed by atoms with E-state index in [4.69, 9.17) is 10.3 Å². The summed E-state index contributed by atoms with van der Waals surface area (Å²) in [6, 6.07) is 5.65. The van der Waals surface area contributed by atoms with Crippen molar-refractivity contribution in [3.8, 4) is 11.4 Å². The van der Waals surface area contributed by atoms with E-state index in [0.717, 1.165) is 11.1 Å². The highest BCUT2D eigenvalue weighted by Gasteiger charge is 2.36. The summed E-state index contributed by atoms with van der Waals surface area (Å²) in [5.41, 5.74) is 8.40. The van der Waals surface area contributed by atoms with Gasteiger partial charge in [-0.1, -0.05) is 31.1 Å². The summed E-state index contributed by atoms with van der Waals surface area (Å²) in [5.74, 6) is 1.10. The van der Waals surface area contributed by atoms with Gasteiger partial charge in [0.1, 0.15) is 0 Å². The number of aryl methyl sites for hydroxylation is 1. The van der Waals surface area contributed by atoms with E-state index in [0.29, 0.717) is 30.5 Å². The van der Waals surface area contributed by atoms with Gasteiger partial charge in [-0.2, -0.15) is 4.98 Å². The fourth-order valence-electron chi connectivity index (χ4n) is 2.21. The van der Waals surface area contributed by atoms with Gasteiger partial charge in [0.05, 0.1) is 13.0 Å². The van der Waals surface area contributed by atoms with Crippen molar-refractivity contribution >= 4 is 11.8 Å². The molecule has 2 aromatic rings. The number of nitrogens with zero attached hydrogens (tertiary/aromatic N) is 3. The molecule has 0 saturated carbocycles. The van der Waals surface area contributed by atoms with Crippen molar-refractivity contribution in [2.75, 3.05) is 25.9 Å². The molecule has 7 nitrogen and oxygen atoms in total. The summed E-state index contributed by atoms with van der Waals surface area (Å²) in [6.07, 6.45) is -0.336. The van der Waals surface area contributed by atoms with Crippen molar-refractivity contribution < 1.29 is 14.1 Å². The number of rotatable bonds is 2. The lowest BCUT2D eigenvalue weighted by atomic mass is 10.0. The number of nitrogens with two attached hydrogens (primary N) is 1. The number of amides is 1. The summed E-state index contributed by atoms with van der Waals surface area (Å²) in [4.78, 5) is 17.3. The predicted molar refractivity (Wildman–Crippen MR) is 87.0 cm³/mol. The molecule has 0 atom stereocenters. The smallest absolute Gasteiger partial charge is 0.409 e. The maximum absolute atomic E-state index is 11.3. The maximum Gasteiger partial charge on any atom is 0.409 e. The number of methoxy groups -OCH3 is 1. The summed E-state index contributed by atoms with van der Waals surface area (Å²) in [7, 11) is 1.36. The number of benzene rings is 1. The van der Waals surface area contributed by atoms with Gasteiger partial charge in [-0.05, 0) is 18.6 Å². The van der Waals surface area contributed by atoms with Gasteiger partial charge in [-0.25, -0.2) is 4.79 Å². The van der Waals surface area contributed by atoms with Crippen molar-refractivity contribution in [1.82, 2.24) is 15.0 Å². The molecule has 1 fully saturated rings. The number of carbonyl (C=O) groups is 1. The molecule has 124 valence electrons. The largest absolute Gasteiger partial charge is 0.453 e. The minimum absolute atomic E-state index is 0.0631. The van der Waals surface area contributed by atoms with E-state index >= 15 is 0 Å². The second-order valence-electron chi connectivity index (χ2n) is 5.10. The van der Waals surface area contributed by atoms with E-state index in [9.17, 15) is 4.79 Å². The van der Waals surface area contributed by atoms with Crippen molar-refractivity contribution in [2.24, 2.45) is 0 Å². The van der Waals surface area contributed by atoms with E-state index in [1.165, 1.54) is 7.11 Å². The lowest BCUT2D eigenvalue weighted by Crippen LogP contribution is -2.48. The fourth-order valence-corrected chi connectivity index (χ4v) is 2.21. The van der Waals surface area contributed by atoms with Crippen molar-refractivity contribution in [2.45, 2.75) is 26.7 Å². The summed E-state index contributed by atoms with van der Waals surface area (Å²) < 4.78 is 9.92. The van der Waals surface area contributed by atoms with E-state index in [-0.39, 0.29) is 12.0 Å². The zero-order valence-electron chi connectivity index (χ0n) is 13.9. The molecule has 1 aliphatic rings. The first kappa shape index (κ1) is 16.8. The van der Waals surface area contributed by atoms with Crippen molar-refractivity contribution in [3.05, 3.63) is 29.7 Å². The van der Waals surface area contributed by atoms with Crippen LogP contribution in [0, 0.1) is 6.92 Å². The van der Waals surface area contributed by atoms with Gasteiger partial charge in [0.2, 0.25) is 11.7 Å². The van der Waals surface area contributed by atoms with Crippen LogP contribution in [0.5, 0.6) is 0 Å². The van der Waals surface area contributed by atoms with Gasteiger partial charge >= 0.3 is 6.09 Å². The molecule has 3 rings (SSSR count). The second-order valence-corrected chi connectivity index (χ2v) is 5.10. The Balaban J connectivity index is 0.000000924. The third-order valence-electron chi connectivity index (χ3n) is 3.64. The average molecular weight is 318 g/mol. The van der Waals surface area contributed by atoms with Gasteiger partial charge in [-0.3, -0.25) is 0 Å². The molecule has 0 aliphatic carbocycles. The predicted octanol–water partition coefficient (Wildman–Crippen LogP) is 2.82. The highest BCUT2D eigenvalue weighted by atomic mass is 16.5. The number of aromatic nitrogens is 2. The van der Waals surface area contributed by atoms with Crippen LogP contribution in [-0.4, -0.2) is 41.3 Å². The lowest BCUT2D eigenvalue weighted by Gasteiger charge is -2.35. The van der Waals surface area contributed by atoms with Crippen LogP contribution in [0.4, 0.5) is 10.5 Å². The van der Waals surface area contributed by atoms with E-state index in [1.807, 2.05) is 39.0 Å². The Kier molecular flexibility index (Phi) is 5.20. The Labute approximate surface area is 135 Å². The highest BCUT2D eigenvalue weighted by molar-refractivity contribution is 5.68. The number of carbonyl (C=O) groups excluding carboxylic acids is 1. The van der Waals surface area contributed by atoms with Crippen LogP contribution in [0.15, 0.2) is 22.7 Å². The van der Waals surface area contributed by atoms with Gasteiger partial charge in [0.25, 0.3) is 0 Å². The molecule has 7 heteroatoms. The Morgan fingerprint density at radius 3 is 2.70 bits per heavy atom. The molecule has 1 aliphatic heterocycles. The Bertz CT molecular complexity index is 678. The summed E-state index contributed by atoms with van der Waals surface area (Å²) >= 11 is 0. The van der Waals surface area contributed by atoms with Gasteiger partial charge in [0, 0.05) is 24.3 Å². The molecule has 0 radical (unpaired) electrons. The number of anilines is 1. The van der Waals surface area contributed by atoms with E-state index < -0.39 is 0 Å². The summed E-state index contributed by atoms with van der Waals surface area (Å²) in [5, 5.41) is 3.97. The molecule has 1 aromatic carbocycles. The third-order valence-corrected chi connectivity index (χ3v) is 3.64.